The molecule has 0 saturated carbocycles. The second kappa shape index (κ2) is 10.7. The first-order valence-corrected chi connectivity index (χ1v) is 11.8. The van der Waals surface area contributed by atoms with Crippen LogP contribution >= 0.6 is 0 Å². The molecule has 33 heavy (non-hydrogen) atoms. The predicted octanol–water partition coefficient (Wildman–Crippen LogP) is 5.23. The van der Waals surface area contributed by atoms with Crippen molar-refractivity contribution in [1.82, 2.24) is 4.98 Å². The van der Waals surface area contributed by atoms with E-state index < -0.39 is 15.9 Å². The third kappa shape index (κ3) is 6.13. The Hall–Kier alpha value is -3.79. The molecule has 0 amide bonds. The number of hydrogen-bond acceptors (Lipinski definition) is 7. The molecule has 3 rings (SSSR count). The summed E-state index contributed by atoms with van der Waals surface area (Å²) in [5, 5.41) is 12.8. The Morgan fingerprint density at radius 3 is 2.61 bits per heavy atom. The number of carbonyl (C=O) groups is 1. The van der Waals surface area contributed by atoms with Crippen molar-refractivity contribution in [1.29, 1.82) is 4.78 Å². The number of unbranched alkanes of at least 4 members (excludes halogenated alkanes) is 1. The van der Waals surface area contributed by atoms with Gasteiger partial charge in [0.05, 0.1) is 24.0 Å². The number of anilines is 2. The summed E-state index contributed by atoms with van der Waals surface area (Å²) >= 11 is 0. The van der Waals surface area contributed by atoms with Gasteiger partial charge in [-0.3, -0.25) is 4.72 Å². The van der Waals surface area contributed by atoms with Crippen molar-refractivity contribution in [3.63, 3.8) is 0 Å². The van der Waals surface area contributed by atoms with Crippen LogP contribution < -0.4 is 19.5 Å². The zero-order chi connectivity index (χ0) is 23.8. The van der Waals surface area contributed by atoms with Crippen molar-refractivity contribution in [2.75, 3.05) is 23.7 Å². The molecule has 174 valence electrons. The molecule has 10 heteroatoms. The number of hydrogen-bond donors (Lipinski definition) is 4. The Bertz CT molecular complexity index is 1220. The van der Waals surface area contributed by atoms with Crippen molar-refractivity contribution >= 4 is 27.3 Å². The van der Waals surface area contributed by atoms with E-state index in [1.54, 1.807) is 24.3 Å². The Morgan fingerprint density at radius 1 is 1.18 bits per heavy atom. The number of nitrogens with zero attached hydrogens (tertiary/aromatic N) is 1. The van der Waals surface area contributed by atoms with E-state index in [4.69, 9.17) is 14.3 Å². The first-order valence-electron chi connectivity index (χ1n) is 10.3. The highest BCUT2D eigenvalue weighted by atomic mass is 32.2. The minimum atomic E-state index is -3.76. The molecular formula is C23H26N4O5S. The number of para-hydroxylation sites is 1. The van der Waals surface area contributed by atoms with Gasteiger partial charge < -0.3 is 19.9 Å². The van der Waals surface area contributed by atoms with Gasteiger partial charge in [-0.1, -0.05) is 31.5 Å². The predicted molar refractivity (Wildman–Crippen MR) is 127 cm³/mol. The molecule has 2 aromatic carbocycles. The second-order valence-corrected chi connectivity index (χ2v) is 8.85. The van der Waals surface area contributed by atoms with Gasteiger partial charge in [-0.25, -0.2) is 18.8 Å². The van der Waals surface area contributed by atoms with E-state index in [0.29, 0.717) is 23.7 Å². The smallest absolute Gasteiger partial charge is 0.335 e. The fourth-order valence-electron chi connectivity index (χ4n) is 2.99. The van der Waals surface area contributed by atoms with E-state index in [9.17, 15) is 14.1 Å². The monoisotopic (exact) mass is 470 g/mol. The zero-order valence-electron chi connectivity index (χ0n) is 18.3. The number of aromatic nitrogens is 1. The maximum atomic E-state index is 13.6. The molecule has 0 spiro atoms. The van der Waals surface area contributed by atoms with Gasteiger partial charge in [0.15, 0.2) is 15.7 Å². The lowest BCUT2D eigenvalue weighted by Crippen LogP contribution is -2.15. The van der Waals surface area contributed by atoms with Gasteiger partial charge >= 0.3 is 5.97 Å². The Labute approximate surface area is 192 Å². The fraction of sp³-hybridized carbons (Fsp3) is 0.217. The summed E-state index contributed by atoms with van der Waals surface area (Å²) in [5.74, 6) is -0.351. The van der Waals surface area contributed by atoms with Crippen LogP contribution in [0.2, 0.25) is 0 Å². The van der Waals surface area contributed by atoms with Crippen LogP contribution in [0.1, 0.15) is 30.1 Å². The Morgan fingerprint density at radius 2 is 1.94 bits per heavy atom. The standard InChI is InChI=1S/C23H26N4O5S/c1-3-4-11-25-19-13-16(23(28)29)14-20(22(19)32-18-8-6-5-7-9-18)33(24,30)27-17-10-12-26-21(15-17)31-2/h5-10,12-15,25H,3-4,11H2,1-2H3,(H,28,29)(H2,24,26,27,30). The zero-order valence-corrected chi connectivity index (χ0v) is 19.1. The van der Waals surface area contributed by atoms with Gasteiger partial charge in [0.2, 0.25) is 5.88 Å². The molecular weight excluding hydrogens is 444 g/mol. The molecule has 4 N–H and O–H groups in total. The lowest BCUT2D eigenvalue weighted by Gasteiger charge is -2.20. The van der Waals surface area contributed by atoms with Crippen LogP contribution in [0.4, 0.5) is 11.4 Å². The number of nitrogens with one attached hydrogen (secondary N) is 3. The van der Waals surface area contributed by atoms with E-state index in [1.807, 2.05) is 13.0 Å². The van der Waals surface area contributed by atoms with Gasteiger partial charge in [-0.2, -0.15) is 0 Å². The van der Waals surface area contributed by atoms with E-state index in [2.05, 4.69) is 15.0 Å². The summed E-state index contributed by atoms with van der Waals surface area (Å²) in [4.78, 5) is 15.7. The number of benzene rings is 2. The maximum Gasteiger partial charge on any atom is 0.335 e. The molecule has 0 radical (unpaired) electrons. The average molecular weight is 471 g/mol. The SMILES string of the molecule is CCCCNc1cc(C(=O)O)cc(S(=N)(=O)Nc2ccnc(OC)c2)c1Oc1ccccc1. The summed E-state index contributed by atoms with van der Waals surface area (Å²) in [7, 11) is -2.31. The van der Waals surface area contributed by atoms with E-state index in [1.165, 1.54) is 37.6 Å². The second-order valence-electron chi connectivity index (χ2n) is 7.10. The first-order chi connectivity index (χ1) is 15.8. The number of pyridine rings is 1. The molecule has 9 nitrogen and oxygen atoms in total. The first kappa shape index (κ1) is 23.9. The highest BCUT2D eigenvalue weighted by Gasteiger charge is 2.24. The molecule has 3 aromatic rings. The highest BCUT2D eigenvalue weighted by molar-refractivity contribution is 7.93. The van der Waals surface area contributed by atoms with Gasteiger partial charge in [-0.05, 0) is 36.8 Å². The molecule has 1 unspecified atom stereocenters. The van der Waals surface area contributed by atoms with Crippen LogP contribution in [0.3, 0.4) is 0 Å². The topological polar surface area (TPSA) is 134 Å². The number of rotatable bonds is 11. The quantitative estimate of drug-likeness (QED) is 0.282. The van der Waals surface area contributed by atoms with Crippen LogP contribution in [0, 0.1) is 4.78 Å². The van der Waals surface area contributed by atoms with Gasteiger partial charge in [0.25, 0.3) is 0 Å². The van der Waals surface area contributed by atoms with Crippen molar-refractivity contribution in [2.45, 2.75) is 24.7 Å². The van der Waals surface area contributed by atoms with E-state index in [-0.39, 0.29) is 22.1 Å². The molecule has 1 aromatic heterocycles. The third-order valence-corrected chi connectivity index (χ3v) is 6.07. The van der Waals surface area contributed by atoms with E-state index >= 15 is 0 Å². The average Bonchev–Trinajstić information content (AvgIpc) is 2.80. The Balaban J connectivity index is 2.13. The summed E-state index contributed by atoms with van der Waals surface area (Å²) in [6.45, 7) is 2.59. The molecule has 1 atom stereocenters. The van der Waals surface area contributed by atoms with Crippen LogP contribution in [0.5, 0.6) is 17.4 Å². The molecule has 0 saturated heterocycles. The molecule has 0 aliphatic heterocycles. The van der Waals surface area contributed by atoms with Crippen molar-refractivity contribution in [3.05, 3.63) is 66.4 Å². The number of carboxylic acids is 1. The number of aromatic carboxylic acids is 1. The minimum Gasteiger partial charge on any atom is -0.481 e. The van der Waals surface area contributed by atoms with Crippen molar-refractivity contribution in [3.8, 4) is 17.4 Å². The molecule has 0 aliphatic carbocycles. The molecule has 0 fully saturated rings. The summed E-state index contributed by atoms with van der Waals surface area (Å²) in [5.41, 5.74) is 0.559. The number of ether oxygens (including phenoxy) is 2. The lowest BCUT2D eigenvalue weighted by atomic mass is 10.1. The molecule has 0 aliphatic rings. The fourth-order valence-corrected chi connectivity index (χ4v) is 4.26. The largest absolute Gasteiger partial charge is 0.481 e. The summed E-state index contributed by atoms with van der Waals surface area (Å²) < 4.78 is 36.1. The van der Waals surface area contributed by atoms with Crippen molar-refractivity contribution in [2.24, 2.45) is 0 Å². The van der Waals surface area contributed by atoms with Crippen LogP contribution in [0.15, 0.2) is 65.7 Å². The van der Waals surface area contributed by atoms with Crippen LogP contribution in [-0.2, 0) is 9.92 Å². The minimum absolute atomic E-state index is 0.0963. The van der Waals surface area contributed by atoms with Gasteiger partial charge in [0, 0.05) is 18.8 Å². The van der Waals surface area contributed by atoms with Gasteiger partial charge in [0.1, 0.15) is 10.6 Å². The number of carboxylic acid groups (broad SMARTS) is 1. The number of methoxy groups -OCH3 is 1. The summed E-state index contributed by atoms with van der Waals surface area (Å²) in [6, 6.07) is 14.5. The lowest BCUT2D eigenvalue weighted by molar-refractivity contribution is 0.0696. The normalized spacial score (nSPS) is 12.4. The summed E-state index contributed by atoms with van der Waals surface area (Å²) in [6.07, 6.45) is 3.21. The maximum absolute atomic E-state index is 13.6. The van der Waals surface area contributed by atoms with Crippen LogP contribution in [0.25, 0.3) is 0 Å². The van der Waals surface area contributed by atoms with Gasteiger partial charge in [-0.15, -0.1) is 0 Å². The Kier molecular flexibility index (Phi) is 7.73. The third-order valence-electron chi connectivity index (χ3n) is 4.63. The highest BCUT2D eigenvalue weighted by Crippen LogP contribution is 2.38. The van der Waals surface area contributed by atoms with E-state index in [0.717, 1.165) is 12.8 Å². The van der Waals surface area contributed by atoms with Crippen molar-refractivity contribution < 1.29 is 23.6 Å². The molecule has 0 bridgehead atoms. The van der Waals surface area contributed by atoms with Crippen LogP contribution in [-0.4, -0.2) is 33.9 Å². The molecule has 1 heterocycles.